The van der Waals surface area contributed by atoms with Crippen molar-refractivity contribution in [3.63, 3.8) is 0 Å². The third kappa shape index (κ3) is 4.21. The Morgan fingerprint density at radius 1 is 1.47 bits per heavy atom. The lowest BCUT2D eigenvalue weighted by atomic mass is 10.2. The molecule has 0 unspecified atom stereocenters. The van der Waals surface area contributed by atoms with Gasteiger partial charge in [-0.2, -0.15) is 0 Å². The van der Waals surface area contributed by atoms with Crippen molar-refractivity contribution in [3.05, 3.63) is 45.3 Å². The summed E-state index contributed by atoms with van der Waals surface area (Å²) in [6.45, 7) is 1.98. The zero-order chi connectivity index (χ0) is 11.1. The van der Waals surface area contributed by atoms with Crippen LogP contribution in [-0.4, -0.2) is 25.0 Å². The molecule has 0 bridgehead atoms. The van der Waals surface area contributed by atoms with Gasteiger partial charge in [0, 0.05) is 29.6 Å². The highest BCUT2D eigenvalue weighted by atomic mass is 35.5. The van der Waals surface area contributed by atoms with Gasteiger partial charge in [-0.25, -0.2) is 0 Å². The number of halogens is 1. The Hall–Kier alpha value is -1.22. The Morgan fingerprint density at radius 2 is 2.20 bits per heavy atom. The van der Waals surface area contributed by atoms with E-state index < -0.39 is 0 Å². The van der Waals surface area contributed by atoms with Gasteiger partial charge in [0.05, 0.1) is 0 Å². The second-order valence-electron chi connectivity index (χ2n) is 3.28. The van der Waals surface area contributed by atoms with Gasteiger partial charge in [0.1, 0.15) is 0 Å². The highest BCUT2D eigenvalue weighted by Gasteiger charge is 2.02. The maximum Gasteiger partial charge on any atom is 0.0451 e. The average molecular weight is 225 g/mol. The molecule has 80 valence electrons. The maximum atomic E-state index is 8.13. The molecular formula is C10H13ClN4. The fourth-order valence-electron chi connectivity index (χ4n) is 1.26. The molecule has 0 amide bonds. The Morgan fingerprint density at radius 3 is 2.87 bits per heavy atom. The molecule has 4 nitrogen and oxygen atoms in total. The Labute approximate surface area is 94.1 Å². The van der Waals surface area contributed by atoms with Gasteiger partial charge in [-0.3, -0.25) is 0 Å². The summed E-state index contributed by atoms with van der Waals surface area (Å²) < 4.78 is 0. The molecule has 0 aromatic heterocycles. The summed E-state index contributed by atoms with van der Waals surface area (Å²) in [7, 11) is 1.97. The van der Waals surface area contributed by atoms with E-state index >= 15 is 0 Å². The lowest BCUT2D eigenvalue weighted by Gasteiger charge is -2.15. The SMILES string of the molecule is CN(CCN=[N+]=[N-])Cc1ccccc1Cl. The summed E-state index contributed by atoms with van der Waals surface area (Å²) in [5.74, 6) is 0. The van der Waals surface area contributed by atoms with E-state index in [9.17, 15) is 0 Å². The molecule has 1 aromatic rings. The predicted molar refractivity (Wildman–Crippen MR) is 61.8 cm³/mol. The van der Waals surface area contributed by atoms with Crippen molar-refractivity contribution in [3.8, 4) is 0 Å². The molecule has 5 heteroatoms. The summed E-state index contributed by atoms with van der Waals surface area (Å²) in [5, 5.41) is 4.25. The third-order valence-electron chi connectivity index (χ3n) is 2.04. The highest BCUT2D eigenvalue weighted by Crippen LogP contribution is 2.16. The molecular weight excluding hydrogens is 212 g/mol. The summed E-state index contributed by atoms with van der Waals surface area (Å²) in [4.78, 5) is 4.77. The zero-order valence-electron chi connectivity index (χ0n) is 8.60. The summed E-state index contributed by atoms with van der Waals surface area (Å²) in [5.41, 5.74) is 9.22. The molecule has 0 heterocycles. The second kappa shape index (κ2) is 6.30. The van der Waals surface area contributed by atoms with Gasteiger partial charge in [-0.1, -0.05) is 34.9 Å². The molecule has 0 aliphatic carbocycles. The number of likely N-dealkylation sites (N-methyl/N-ethyl adjacent to an activating group) is 1. The molecule has 0 atom stereocenters. The number of hydrogen-bond acceptors (Lipinski definition) is 2. The van der Waals surface area contributed by atoms with Crippen LogP contribution in [0.2, 0.25) is 5.02 Å². The monoisotopic (exact) mass is 224 g/mol. The first-order valence-corrected chi connectivity index (χ1v) is 5.04. The smallest absolute Gasteiger partial charge is 0.0451 e. The van der Waals surface area contributed by atoms with Gasteiger partial charge < -0.3 is 4.90 Å². The topological polar surface area (TPSA) is 52.0 Å². The van der Waals surface area contributed by atoms with Crippen molar-refractivity contribution in [1.82, 2.24) is 4.90 Å². The molecule has 1 rings (SSSR count). The Bertz CT molecular complexity index is 360. The van der Waals surface area contributed by atoms with Crippen LogP contribution in [0.4, 0.5) is 0 Å². The van der Waals surface area contributed by atoms with Crippen LogP contribution in [0, 0.1) is 0 Å². The largest absolute Gasteiger partial charge is 0.302 e. The van der Waals surface area contributed by atoms with Crippen molar-refractivity contribution in [1.29, 1.82) is 0 Å². The zero-order valence-corrected chi connectivity index (χ0v) is 9.35. The predicted octanol–water partition coefficient (Wildman–Crippen LogP) is 3.08. The molecule has 0 spiro atoms. The van der Waals surface area contributed by atoms with Gasteiger partial charge in [-0.15, -0.1) is 0 Å². The van der Waals surface area contributed by atoms with Crippen LogP contribution in [0.15, 0.2) is 29.4 Å². The van der Waals surface area contributed by atoms with E-state index in [2.05, 4.69) is 14.9 Å². The number of azide groups is 1. The van der Waals surface area contributed by atoms with Gasteiger partial charge in [0.15, 0.2) is 0 Å². The van der Waals surface area contributed by atoms with E-state index in [0.717, 1.165) is 23.7 Å². The Kier molecular flexibility index (Phi) is 4.98. The number of nitrogens with zero attached hydrogens (tertiary/aromatic N) is 4. The number of rotatable bonds is 5. The quantitative estimate of drug-likeness (QED) is 0.431. The van der Waals surface area contributed by atoms with Crippen LogP contribution in [0.1, 0.15) is 5.56 Å². The van der Waals surface area contributed by atoms with Gasteiger partial charge in [0.25, 0.3) is 0 Å². The lowest BCUT2D eigenvalue weighted by Crippen LogP contribution is -2.21. The summed E-state index contributed by atoms with van der Waals surface area (Å²) in [6.07, 6.45) is 0. The van der Waals surface area contributed by atoms with Crippen molar-refractivity contribution in [2.75, 3.05) is 20.1 Å². The molecule has 0 aliphatic rings. The normalized spacial score (nSPS) is 10.1. The van der Waals surface area contributed by atoms with E-state index in [1.54, 1.807) is 0 Å². The summed E-state index contributed by atoms with van der Waals surface area (Å²) >= 11 is 6.02. The lowest BCUT2D eigenvalue weighted by molar-refractivity contribution is 0.336. The van der Waals surface area contributed by atoms with E-state index in [1.807, 2.05) is 31.3 Å². The van der Waals surface area contributed by atoms with Crippen molar-refractivity contribution >= 4 is 11.6 Å². The second-order valence-corrected chi connectivity index (χ2v) is 3.69. The van der Waals surface area contributed by atoms with E-state index in [1.165, 1.54) is 0 Å². The summed E-state index contributed by atoms with van der Waals surface area (Å²) in [6, 6.07) is 7.73. The standard InChI is InChI=1S/C10H13ClN4/c1-15(7-6-13-14-12)8-9-4-2-3-5-10(9)11/h2-5H,6-8H2,1H3. The van der Waals surface area contributed by atoms with Crippen molar-refractivity contribution in [2.45, 2.75) is 6.54 Å². The van der Waals surface area contributed by atoms with E-state index in [4.69, 9.17) is 17.1 Å². The molecule has 0 saturated heterocycles. The van der Waals surface area contributed by atoms with E-state index in [0.29, 0.717) is 6.54 Å². The fourth-order valence-corrected chi connectivity index (χ4v) is 1.45. The molecule has 0 saturated carbocycles. The van der Waals surface area contributed by atoms with E-state index in [-0.39, 0.29) is 0 Å². The molecule has 0 N–H and O–H groups in total. The van der Waals surface area contributed by atoms with Crippen molar-refractivity contribution < 1.29 is 0 Å². The first kappa shape index (κ1) is 11.9. The molecule has 15 heavy (non-hydrogen) atoms. The first-order chi connectivity index (χ1) is 7.24. The van der Waals surface area contributed by atoms with Crippen LogP contribution in [0.3, 0.4) is 0 Å². The minimum absolute atomic E-state index is 0.484. The number of hydrogen-bond donors (Lipinski definition) is 0. The Balaban J connectivity index is 2.47. The van der Waals surface area contributed by atoms with Crippen LogP contribution in [-0.2, 0) is 6.54 Å². The minimum atomic E-state index is 0.484. The van der Waals surface area contributed by atoms with Crippen molar-refractivity contribution in [2.24, 2.45) is 5.11 Å². The first-order valence-electron chi connectivity index (χ1n) is 4.67. The van der Waals surface area contributed by atoms with Crippen LogP contribution < -0.4 is 0 Å². The third-order valence-corrected chi connectivity index (χ3v) is 2.41. The molecule has 0 aliphatic heterocycles. The van der Waals surface area contributed by atoms with Gasteiger partial charge in [0.2, 0.25) is 0 Å². The molecule has 1 aromatic carbocycles. The maximum absolute atomic E-state index is 8.13. The highest BCUT2D eigenvalue weighted by molar-refractivity contribution is 6.31. The fraction of sp³-hybridized carbons (Fsp3) is 0.400. The molecule has 0 fully saturated rings. The number of benzene rings is 1. The average Bonchev–Trinajstić information content (AvgIpc) is 2.22. The minimum Gasteiger partial charge on any atom is -0.302 e. The van der Waals surface area contributed by atoms with Gasteiger partial charge in [-0.05, 0) is 24.2 Å². The van der Waals surface area contributed by atoms with Crippen LogP contribution in [0.25, 0.3) is 10.4 Å². The van der Waals surface area contributed by atoms with Crippen LogP contribution in [0.5, 0.6) is 0 Å². The van der Waals surface area contributed by atoms with Gasteiger partial charge >= 0.3 is 0 Å². The molecule has 0 radical (unpaired) electrons. The van der Waals surface area contributed by atoms with Crippen LogP contribution >= 0.6 is 11.6 Å².